The Labute approximate surface area is 121 Å². The van der Waals surface area contributed by atoms with Gasteiger partial charge in [0.2, 0.25) is 0 Å². The van der Waals surface area contributed by atoms with Gasteiger partial charge in [-0.15, -0.1) is 0 Å². The van der Waals surface area contributed by atoms with Crippen LogP contribution in [0.5, 0.6) is 0 Å². The minimum Gasteiger partial charge on any atom is -0.478 e. The van der Waals surface area contributed by atoms with E-state index in [-0.39, 0.29) is 5.56 Å². The average molecular weight is 282 g/mol. The molecule has 0 aliphatic rings. The monoisotopic (exact) mass is 282 g/mol. The maximum absolute atomic E-state index is 11.0. The Hall–Kier alpha value is -2.82. The summed E-state index contributed by atoms with van der Waals surface area (Å²) in [6.45, 7) is 4.00. The average Bonchev–Trinajstić information content (AvgIpc) is 2.84. The molecule has 21 heavy (non-hydrogen) atoms. The van der Waals surface area contributed by atoms with Crippen LogP contribution in [-0.4, -0.2) is 16.1 Å². The van der Waals surface area contributed by atoms with Crippen LogP contribution in [0.4, 0.5) is 11.7 Å². The van der Waals surface area contributed by atoms with Crippen molar-refractivity contribution in [1.82, 2.24) is 4.98 Å². The number of para-hydroxylation sites is 1. The van der Waals surface area contributed by atoms with E-state index in [1.54, 1.807) is 6.07 Å². The summed E-state index contributed by atoms with van der Waals surface area (Å²) in [6.07, 6.45) is 0. The molecule has 3 aromatic rings. The lowest BCUT2D eigenvalue weighted by Gasteiger charge is -2.08. The minimum atomic E-state index is -0.988. The third-order valence-electron chi connectivity index (χ3n) is 3.35. The van der Waals surface area contributed by atoms with E-state index in [1.807, 2.05) is 32.0 Å². The van der Waals surface area contributed by atoms with Gasteiger partial charge in [0, 0.05) is 5.69 Å². The summed E-state index contributed by atoms with van der Waals surface area (Å²) in [5.41, 5.74) is 4.36. The second-order valence-electron chi connectivity index (χ2n) is 4.90. The van der Waals surface area contributed by atoms with E-state index in [9.17, 15) is 4.79 Å². The molecule has 0 amide bonds. The van der Waals surface area contributed by atoms with Crippen LogP contribution in [-0.2, 0) is 0 Å². The number of benzene rings is 2. The number of nitrogens with zero attached hydrogens (tertiary/aromatic N) is 1. The quantitative estimate of drug-likeness (QED) is 0.762. The SMILES string of the molecule is Cc1cccc(C)c1Nc1nc2ccc(C(=O)O)cc2o1. The molecule has 0 aliphatic heterocycles. The molecule has 106 valence electrons. The third-order valence-corrected chi connectivity index (χ3v) is 3.35. The summed E-state index contributed by atoms with van der Waals surface area (Å²) < 4.78 is 5.59. The Balaban J connectivity index is 2.00. The zero-order chi connectivity index (χ0) is 15.0. The maximum atomic E-state index is 11.0. The van der Waals surface area contributed by atoms with Gasteiger partial charge in [0.1, 0.15) is 5.52 Å². The number of hydrogen-bond acceptors (Lipinski definition) is 4. The fourth-order valence-electron chi connectivity index (χ4n) is 2.23. The largest absolute Gasteiger partial charge is 0.478 e. The molecule has 0 bridgehead atoms. The number of fused-ring (bicyclic) bond motifs is 1. The number of anilines is 2. The second kappa shape index (κ2) is 4.94. The van der Waals surface area contributed by atoms with Crippen LogP contribution < -0.4 is 5.32 Å². The van der Waals surface area contributed by atoms with Crippen LogP contribution in [0.1, 0.15) is 21.5 Å². The summed E-state index contributed by atoms with van der Waals surface area (Å²) in [7, 11) is 0. The first-order valence-electron chi connectivity index (χ1n) is 6.52. The van der Waals surface area contributed by atoms with Crippen molar-refractivity contribution in [3.63, 3.8) is 0 Å². The lowest BCUT2D eigenvalue weighted by Crippen LogP contribution is -1.95. The number of oxazole rings is 1. The van der Waals surface area contributed by atoms with Crippen molar-refractivity contribution in [2.45, 2.75) is 13.8 Å². The highest BCUT2D eigenvalue weighted by Crippen LogP contribution is 2.26. The highest BCUT2D eigenvalue weighted by molar-refractivity contribution is 5.92. The third kappa shape index (κ3) is 2.45. The van der Waals surface area contributed by atoms with Crippen LogP contribution in [0.15, 0.2) is 40.8 Å². The van der Waals surface area contributed by atoms with Crippen molar-refractivity contribution in [2.24, 2.45) is 0 Å². The number of hydrogen-bond donors (Lipinski definition) is 2. The van der Waals surface area contributed by atoms with Crippen molar-refractivity contribution in [3.8, 4) is 0 Å². The van der Waals surface area contributed by atoms with Gasteiger partial charge in [0.25, 0.3) is 6.01 Å². The number of carboxylic acids is 1. The molecule has 0 fully saturated rings. The fraction of sp³-hybridized carbons (Fsp3) is 0.125. The predicted molar refractivity (Wildman–Crippen MR) is 80.2 cm³/mol. The molecule has 0 atom stereocenters. The molecule has 5 nitrogen and oxygen atoms in total. The van der Waals surface area contributed by atoms with Crippen LogP contribution in [0, 0.1) is 13.8 Å². The standard InChI is InChI=1S/C16H14N2O3/c1-9-4-3-5-10(2)14(9)18-16-17-12-7-6-11(15(19)20)8-13(12)21-16/h3-8H,1-2H3,(H,17,18)(H,19,20). The lowest BCUT2D eigenvalue weighted by atomic mass is 10.1. The summed E-state index contributed by atoms with van der Waals surface area (Å²) in [4.78, 5) is 15.3. The molecule has 0 saturated heterocycles. The topological polar surface area (TPSA) is 75.4 Å². The zero-order valence-electron chi connectivity index (χ0n) is 11.7. The molecular formula is C16H14N2O3. The first-order chi connectivity index (χ1) is 10.0. The van der Waals surface area contributed by atoms with Gasteiger partial charge in [0.15, 0.2) is 5.58 Å². The van der Waals surface area contributed by atoms with Gasteiger partial charge in [-0.25, -0.2) is 4.79 Å². The van der Waals surface area contributed by atoms with Crippen LogP contribution >= 0.6 is 0 Å². The van der Waals surface area contributed by atoms with Crippen LogP contribution in [0.3, 0.4) is 0 Å². The van der Waals surface area contributed by atoms with E-state index in [1.165, 1.54) is 12.1 Å². The summed E-state index contributed by atoms with van der Waals surface area (Å²) in [5, 5.41) is 12.1. The molecule has 0 radical (unpaired) electrons. The Bertz CT molecular complexity index is 816. The van der Waals surface area contributed by atoms with E-state index in [0.717, 1.165) is 16.8 Å². The van der Waals surface area contributed by atoms with Gasteiger partial charge in [-0.3, -0.25) is 0 Å². The number of rotatable bonds is 3. The van der Waals surface area contributed by atoms with Crippen molar-refractivity contribution in [3.05, 3.63) is 53.1 Å². The molecule has 5 heteroatoms. The van der Waals surface area contributed by atoms with Crippen LogP contribution in [0.25, 0.3) is 11.1 Å². The Morgan fingerprint density at radius 2 is 1.90 bits per heavy atom. The van der Waals surface area contributed by atoms with E-state index in [2.05, 4.69) is 10.3 Å². The molecule has 1 heterocycles. The number of aromatic nitrogens is 1. The fourth-order valence-corrected chi connectivity index (χ4v) is 2.23. The van der Waals surface area contributed by atoms with Gasteiger partial charge in [-0.2, -0.15) is 4.98 Å². The first kappa shape index (κ1) is 13.2. The van der Waals surface area contributed by atoms with E-state index < -0.39 is 5.97 Å². The summed E-state index contributed by atoms with van der Waals surface area (Å²) in [5.74, 6) is -0.988. The number of carboxylic acid groups (broad SMARTS) is 1. The highest BCUT2D eigenvalue weighted by atomic mass is 16.4. The van der Waals surface area contributed by atoms with Gasteiger partial charge in [-0.05, 0) is 43.2 Å². The molecule has 1 aromatic heterocycles. The van der Waals surface area contributed by atoms with Gasteiger partial charge in [0.05, 0.1) is 5.56 Å². The molecule has 2 N–H and O–H groups in total. The number of aryl methyl sites for hydroxylation is 2. The number of carbonyl (C=O) groups is 1. The maximum Gasteiger partial charge on any atom is 0.335 e. The second-order valence-corrected chi connectivity index (χ2v) is 4.90. The highest BCUT2D eigenvalue weighted by Gasteiger charge is 2.11. The smallest absolute Gasteiger partial charge is 0.335 e. The lowest BCUT2D eigenvalue weighted by molar-refractivity contribution is 0.0697. The summed E-state index contributed by atoms with van der Waals surface area (Å²) >= 11 is 0. The Kier molecular flexibility index (Phi) is 3.10. The first-order valence-corrected chi connectivity index (χ1v) is 6.52. The minimum absolute atomic E-state index is 0.178. The van der Waals surface area contributed by atoms with Gasteiger partial charge >= 0.3 is 5.97 Å². The zero-order valence-corrected chi connectivity index (χ0v) is 11.7. The van der Waals surface area contributed by atoms with Crippen molar-refractivity contribution in [1.29, 1.82) is 0 Å². The van der Waals surface area contributed by atoms with Crippen molar-refractivity contribution >= 4 is 28.8 Å². The van der Waals surface area contributed by atoms with Gasteiger partial charge < -0.3 is 14.8 Å². The van der Waals surface area contributed by atoms with E-state index >= 15 is 0 Å². The molecular weight excluding hydrogens is 268 g/mol. The molecule has 0 unspecified atom stereocenters. The van der Waals surface area contributed by atoms with Crippen molar-refractivity contribution < 1.29 is 14.3 Å². The van der Waals surface area contributed by atoms with Crippen LogP contribution in [0.2, 0.25) is 0 Å². The van der Waals surface area contributed by atoms with Crippen molar-refractivity contribution in [2.75, 3.05) is 5.32 Å². The summed E-state index contributed by atoms with van der Waals surface area (Å²) in [6, 6.07) is 11.0. The Morgan fingerprint density at radius 3 is 2.57 bits per heavy atom. The molecule has 0 saturated carbocycles. The molecule has 0 spiro atoms. The number of aromatic carboxylic acids is 1. The molecule has 2 aromatic carbocycles. The molecule has 3 rings (SSSR count). The normalized spacial score (nSPS) is 10.8. The predicted octanol–water partition coefficient (Wildman–Crippen LogP) is 3.89. The molecule has 0 aliphatic carbocycles. The van der Waals surface area contributed by atoms with Gasteiger partial charge in [-0.1, -0.05) is 18.2 Å². The Morgan fingerprint density at radius 1 is 1.19 bits per heavy atom. The van der Waals surface area contributed by atoms with E-state index in [0.29, 0.717) is 17.1 Å². The van der Waals surface area contributed by atoms with E-state index in [4.69, 9.17) is 9.52 Å². The number of nitrogens with one attached hydrogen (secondary N) is 1.